The minimum atomic E-state index is -3.49. The Morgan fingerprint density at radius 1 is 1.12 bits per heavy atom. The van der Waals surface area contributed by atoms with E-state index in [9.17, 15) is 8.42 Å². The molecule has 1 saturated heterocycles. The molecule has 2 aromatic carbocycles. The predicted octanol–water partition coefficient (Wildman–Crippen LogP) is 3.61. The molecule has 1 fully saturated rings. The van der Waals surface area contributed by atoms with Crippen molar-refractivity contribution in [2.75, 3.05) is 13.2 Å². The van der Waals surface area contributed by atoms with Crippen LogP contribution in [0.25, 0.3) is 0 Å². The molecule has 1 aliphatic rings. The van der Waals surface area contributed by atoms with Crippen LogP contribution < -0.4 is 4.72 Å². The van der Waals surface area contributed by atoms with E-state index < -0.39 is 10.0 Å². The Labute approximate surface area is 149 Å². The van der Waals surface area contributed by atoms with E-state index in [4.69, 9.17) is 4.74 Å². The number of rotatable bonds is 5. The lowest BCUT2D eigenvalue weighted by molar-refractivity contribution is 0.0951. The Morgan fingerprint density at radius 2 is 1.80 bits per heavy atom. The van der Waals surface area contributed by atoms with Crippen molar-refractivity contribution in [2.24, 2.45) is 5.92 Å². The molecule has 0 bridgehead atoms. The minimum Gasteiger partial charge on any atom is -0.369 e. The van der Waals surface area contributed by atoms with E-state index in [1.165, 1.54) is 0 Å². The van der Waals surface area contributed by atoms with Gasteiger partial charge in [-0.25, -0.2) is 13.1 Å². The SMILES string of the molecule is Cc1ccc(S(=O)(=O)NC/C=C2\CO[C@@H](c3ccccc3)[C@@H]2C)cc1. The molecule has 1 N–H and O–H groups in total. The summed E-state index contributed by atoms with van der Waals surface area (Å²) in [6, 6.07) is 16.9. The summed E-state index contributed by atoms with van der Waals surface area (Å²) in [5, 5.41) is 0. The van der Waals surface area contributed by atoms with Crippen LogP contribution in [-0.2, 0) is 14.8 Å². The molecule has 25 heavy (non-hydrogen) atoms. The third kappa shape index (κ3) is 4.18. The van der Waals surface area contributed by atoms with Gasteiger partial charge in [0.15, 0.2) is 0 Å². The van der Waals surface area contributed by atoms with Gasteiger partial charge in [0.2, 0.25) is 10.0 Å². The molecule has 0 aromatic heterocycles. The fraction of sp³-hybridized carbons (Fsp3) is 0.300. The van der Waals surface area contributed by atoms with Crippen LogP contribution in [0.1, 0.15) is 24.2 Å². The number of benzene rings is 2. The lowest BCUT2D eigenvalue weighted by Crippen LogP contribution is -2.24. The summed E-state index contributed by atoms with van der Waals surface area (Å²) in [6.45, 7) is 4.84. The zero-order valence-electron chi connectivity index (χ0n) is 14.5. The van der Waals surface area contributed by atoms with Crippen molar-refractivity contribution >= 4 is 10.0 Å². The minimum absolute atomic E-state index is 0.0288. The van der Waals surface area contributed by atoms with Crippen LogP contribution in [-0.4, -0.2) is 21.6 Å². The number of aryl methyl sites for hydroxylation is 1. The quantitative estimate of drug-likeness (QED) is 0.832. The molecule has 0 radical (unpaired) electrons. The first-order valence-corrected chi connectivity index (χ1v) is 9.87. The Morgan fingerprint density at radius 3 is 2.48 bits per heavy atom. The average molecular weight is 357 g/mol. The molecule has 4 nitrogen and oxygen atoms in total. The first kappa shape index (κ1) is 17.9. The number of hydrogen-bond donors (Lipinski definition) is 1. The number of sulfonamides is 1. The Hall–Kier alpha value is -1.95. The van der Waals surface area contributed by atoms with Gasteiger partial charge in [-0.1, -0.05) is 61.0 Å². The molecular weight excluding hydrogens is 334 g/mol. The Balaban J connectivity index is 1.64. The summed E-state index contributed by atoms with van der Waals surface area (Å²) >= 11 is 0. The van der Waals surface area contributed by atoms with E-state index in [1.54, 1.807) is 24.3 Å². The largest absolute Gasteiger partial charge is 0.369 e. The predicted molar refractivity (Wildman–Crippen MR) is 98.7 cm³/mol. The normalized spacial score (nSPS) is 22.4. The van der Waals surface area contributed by atoms with E-state index >= 15 is 0 Å². The lowest BCUT2D eigenvalue weighted by atomic mass is 9.93. The summed E-state index contributed by atoms with van der Waals surface area (Å²) in [7, 11) is -3.49. The standard InChI is InChI=1S/C20H23NO3S/c1-15-8-10-19(11-9-15)25(22,23)21-13-12-18-14-24-20(16(18)2)17-6-4-3-5-7-17/h3-12,16,20-21H,13-14H2,1-2H3/b18-12+/t16-,20-/m1/s1. The van der Waals surface area contributed by atoms with Gasteiger partial charge in [-0.3, -0.25) is 0 Å². The first-order chi connectivity index (χ1) is 12.0. The van der Waals surface area contributed by atoms with Crippen molar-refractivity contribution in [2.45, 2.75) is 24.8 Å². The van der Waals surface area contributed by atoms with Gasteiger partial charge in [-0.05, 0) is 30.2 Å². The third-order valence-corrected chi connectivity index (χ3v) is 6.01. The van der Waals surface area contributed by atoms with Crippen molar-refractivity contribution in [1.82, 2.24) is 4.72 Å². The molecule has 5 heteroatoms. The van der Waals surface area contributed by atoms with E-state index in [0.717, 1.165) is 16.7 Å². The maximum atomic E-state index is 12.3. The molecule has 0 aliphatic carbocycles. The van der Waals surface area contributed by atoms with E-state index in [-0.39, 0.29) is 23.5 Å². The molecule has 0 saturated carbocycles. The molecule has 132 valence electrons. The highest BCUT2D eigenvalue weighted by atomic mass is 32.2. The van der Waals surface area contributed by atoms with Crippen LogP contribution in [0.5, 0.6) is 0 Å². The van der Waals surface area contributed by atoms with Crippen molar-refractivity contribution < 1.29 is 13.2 Å². The molecule has 3 rings (SSSR count). The molecule has 1 aliphatic heterocycles. The first-order valence-electron chi connectivity index (χ1n) is 8.39. The fourth-order valence-electron chi connectivity index (χ4n) is 3.01. The zero-order chi connectivity index (χ0) is 17.9. The second kappa shape index (κ2) is 7.52. The van der Waals surface area contributed by atoms with Crippen LogP contribution >= 0.6 is 0 Å². The topological polar surface area (TPSA) is 55.4 Å². The van der Waals surface area contributed by atoms with E-state index in [1.807, 2.05) is 31.2 Å². The molecule has 0 unspecified atom stereocenters. The van der Waals surface area contributed by atoms with Crippen molar-refractivity contribution in [3.05, 3.63) is 77.4 Å². The molecule has 0 amide bonds. The average Bonchev–Trinajstić information content (AvgIpc) is 2.97. The van der Waals surface area contributed by atoms with Gasteiger partial charge in [0, 0.05) is 12.5 Å². The molecule has 0 spiro atoms. The number of ether oxygens (including phenoxy) is 1. The summed E-state index contributed by atoms with van der Waals surface area (Å²) in [5.74, 6) is 0.228. The van der Waals surface area contributed by atoms with Crippen molar-refractivity contribution in [1.29, 1.82) is 0 Å². The second-order valence-electron chi connectivity index (χ2n) is 6.37. The summed E-state index contributed by atoms with van der Waals surface area (Å²) < 4.78 is 33.2. The number of hydrogen-bond acceptors (Lipinski definition) is 3. The van der Waals surface area contributed by atoms with Gasteiger partial charge in [-0.2, -0.15) is 0 Å². The summed E-state index contributed by atoms with van der Waals surface area (Å²) in [5.41, 5.74) is 3.31. The summed E-state index contributed by atoms with van der Waals surface area (Å²) in [4.78, 5) is 0.286. The molecule has 1 heterocycles. The van der Waals surface area contributed by atoms with Crippen LogP contribution in [0.2, 0.25) is 0 Å². The fourth-order valence-corrected chi connectivity index (χ4v) is 3.98. The summed E-state index contributed by atoms with van der Waals surface area (Å²) in [6.07, 6.45) is 1.96. The van der Waals surface area contributed by atoms with Crippen LogP contribution in [0, 0.1) is 12.8 Å². The van der Waals surface area contributed by atoms with E-state index in [0.29, 0.717) is 6.61 Å². The van der Waals surface area contributed by atoms with Crippen LogP contribution in [0.4, 0.5) is 0 Å². The Bertz CT molecular complexity index is 842. The number of nitrogens with one attached hydrogen (secondary N) is 1. The van der Waals surface area contributed by atoms with Crippen LogP contribution in [0.15, 0.2) is 71.1 Å². The van der Waals surface area contributed by atoms with Gasteiger partial charge in [0.25, 0.3) is 0 Å². The van der Waals surface area contributed by atoms with E-state index in [2.05, 4.69) is 23.8 Å². The molecule has 2 aromatic rings. The smallest absolute Gasteiger partial charge is 0.240 e. The third-order valence-electron chi connectivity index (χ3n) is 4.57. The van der Waals surface area contributed by atoms with Gasteiger partial charge < -0.3 is 4.74 Å². The lowest BCUT2D eigenvalue weighted by Gasteiger charge is -2.15. The van der Waals surface area contributed by atoms with Crippen molar-refractivity contribution in [3.63, 3.8) is 0 Å². The maximum absolute atomic E-state index is 12.3. The maximum Gasteiger partial charge on any atom is 0.240 e. The highest BCUT2D eigenvalue weighted by Gasteiger charge is 2.29. The van der Waals surface area contributed by atoms with Crippen molar-refractivity contribution in [3.8, 4) is 0 Å². The zero-order valence-corrected chi connectivity index (χ0v) is 15.3. The highest BCUT2D eigenvalue weighted by molar-refractivity contribution is 7.89. The second-order valence-corrected chi connectivity index (χ2v) is 8.14. The Kier molecular flexibility index (Phi) is 5.37. The monoisotopic (exact) mass is 357 g/mol. The molecule has 2 atom stereocenters. The van der Waals surface area contributed by atoms with Gasteiger partial charge in [-0.15, -0.1) is 0 Å². The van der Waals surface area contributed by atoms with Gasteiger partial charge in [0.05, 0.1) is 17.6 Å². The molecular formula is C20H23NO3S. The van der Waals surface area contributed by atoms with Gasteiger partial charge in [0.1, 0.15) is 0 Å². The van der Waals surface area contributed by atoms with Crippen LogP contribution in [0.3, 0.4) is 0 Å². The van der Waals surface area contributed by atoms with Gasteiger partial charge >= 0.3 is 0 Å². The highest BCUT2D eigenvalue weighted by Crippen LogP contribution is 2.37.